The summed E-state index contributed by atoms with van der Waals surface area (Å²) >= 11 is 3.09. The van der Waals surface area contributed by atoms with Crippen LogP contribution in [-0.4, -0.2) is 20.9 Å². The van der Waals surface area contributed by atoms with Crippen LogP contribution in [0.15, 0.2) is 50.0 Å². The fraction of sp³-hybridized carbons (Fsp3) is 0.0588. The van der Waals surface area contributed by atoms with Gasteiger partial charge in [-0.2, -0.15) is 11.3 Å². The molecule has 0 radical (unpaired) electrons. The van der Waals surface area contributed by atoms with E-state index in [-0.39, 0.29) is 12.2 Å². The van der Waals surface area contributed by atoms with Crippen LogP contribution >= 0.6 is 22.7 Å². The first-order chi connectivity index (χ1) is 12.6. The van der Waals surface area contributed by atoms with Crippen molar-refractivity contribution >= 4 is 39.7 Å². The summed E-state index contributed by atoms with van der Waals surface area (Å²) in [6.07, 6.45) is 0. The molecule has 3 heterocycles. The van der Waals surface area contributed by atoms with Crippen LogP contribution in [0.1, 0.15) is 16.1 Å². The highest BCUT2D eigenvalue weighted by atomic mass is 32.1. The number of rotatable bonds is 4. The Kier molecular flexibility index (Phi) is 4.23. The summed E-state index contributed by atoms with van der Waals surface area (Å²) in [5.41, 5.74) is 1.27. The molecule has 9 heteroatoms. The zero-order valence-corrected chi connectivity index (χ0v) is 14.8. The van der Waals surface area contributed by atoms with E-state index in [1.54, 1.807) is 17.4 Å². The minimum Gasteiger partial charge on any atom is -0.456 e. The molecule has 1 aromatic carbocycles. The Morgan fingerprint density at radius 1 is 1.08 bits per heavy atom. The molecule has 7 nitrogen and oxygen atoms in total. The Balaban J connectivity index is 1.50. The number of carbonyl (C=O) groups excluding carboxylic acids is 1. The number of thiophene rings is 1. The second kappa shape index (κ2) is 6.70. The smallest absolute Gasteiger partial charge is 0.338 e. The quantitative estimate of drug-likeness (QED) is 0.415. The third-order valence-corrected chi connectivity index (χ3v) is 5.25. The summed E-state index contributed by atoms with van der Waals surface area (Å²) in [5, 5.41) is 6.72. The van der Waals surface area contributed by atoms with Crippen LogP contribution in [0.3, 0.4) is 0 Å². The van der Waals surface area contributed by atoms with Gasteiger partial charge in [0.1, 0.15) is 11.6 Å². The van der Waals surface area contributed by atoms with Crippen LogP contribution in [-0.2, 0) is 11.3 Å². The summed E-state index contributed by atoms with van der Waals surface area (Å²) in [6.45, 7) is 0.0552. The molecule has 0 bridgehead atoms. The molecule has 0 aliphatic rings. The van der Waals surface area contributed by atoms with Crippen LogP contribution in [0.25, 0.3) is 21.6 Å². The highest BCUT2D eigenvalue weighted by Crippen LogP contribution is 2.26. The molecule has 0 aliphatic heterocycles. The zero-order valence-electron chi connectivity index (χ0n) is 13.1. The monoisotopic (exact) mass is 385 g/mol. The van der Waals surface area contributed by atoms with E-state index >= 15 is 0 Å². The van der Waals surface area contributed by atoms with Crippen LogP contribution in [0, 0.1) is 0 Å². The number of hydrogen-bond donors (Lipinski definition) is 2. The minimum atomic E-state index is -0.772. The van der Waals surface area contributed by atoms with Crippen LogP contribution < -0.4 is 11.1 Å². The number of thiazole rings is 1. The normalized spacial score (nSPS) is 10.9. The Bertz CT molecular complexity index is 1200. The third-order valence-electron chi connectivity index (χ3n) is 3.63. The predicted octanol–water partition coefficient (Wildman–Crippen LogP) is 2.76. The van der Waals surface area contributed by atoms with Gasteiger partial charge in [-0.1, -0.05) is 0 Å². The van der Waals surface area contributed by atoms with E-state index < -0.39 is 17.1 Å². The van der Waals surface area contributed by atoms with Gasteiger partial charge in [-0.05, 0) is 29.6 Å². The van der Waals surface area contributed by atoms with Gasteiger partial charge in [-0.3, -0.25) is 9.59 Å². The molecule has 26 heavy (non-hydrogen) atoms. The van der Waals surface area contributed by atoms with Crippen molar-refractivity contribution in [2.24, 2.45) is 0 Å². The fourth-order valence-electron chi connectivity index (χ4n) is 2.36. The fourth-order valence-corrected chi connectivity index (χ4v) is 3.87. The van der Waals surface area contributed by atoms with Gasteiger partial charge in [-0.15, -0.1) is 11.3 Å². The average molecular weight is 385 g/mol. The van der Waals surface area contributed by atoms with Crippen molar-refractivity contribution in [2.45, 2.75) is 6.61 Å². The summed E-state index contributed by atoms with van der Waals surface area (Å²) in [4.78, 5) is 44.3. The van der Waals surface area contributed by atoms with Gasteiger partial charge in [0.05, 0.1) is 22.3 Å². The molecule has 0 saturated heterocycles. The average Bonchev–Trinajstić information content (AvgIpc) is 3.31. The summed E-state index contributed by atoms with van der Waals surface area (Å²) in [6, 6.07) is 6.52. The molecule has 0 atom stereocenters. The highest BCUT2D eigenvalue weighted by molar-refractivity contribution is 7.14. The van der Waals surface area contributed by atoms with Gasteiger partial charge in [0, 0.05) is 16.3 Å². The Labute approximate surface area is 153 Å². The van der Waals surface area contributed by atoms with Gasteiger partial charge >= 0.3 is 17.1 Å². The van der Waals surface area contributed by atoms with E-state index in [4.69, 9.17) is 4.74 Å². The highest BCUT2D eigenvalue weighted by Gasteiger charge is 2.11. The Morgan fingerprint density at radius 3 is 2.65 bits per heavy atom. The van der Waals surface area contributed by atoms with E-state index in [0.29, 0.717) is 16.7 Å². The maximum Gasteiger partial charge on any atom is 0.338 e. The minimum absolute atomic E-state index is 0.0552. The first-order valence-corrected chi connectivity index (χ1v) is 9.33. The molecule has 0 aliphatic carbocycles. The summed E-state index contributed by atoms with van der Waals surface area (Å²) in [5.74, 6) is -0.538. The molecule has 0 amide bonds. The van der Waals surface area contributed by atoms with Gasteiger partial charge in [0.15, 0.2) is 0 Å². The number of nitrogens with zero attached hydrogens (tertiary/aromatic N) is 1. The Morgan fingerprint density at radius 2 is 1.88 bits per heavy atom. The summed E-state index contributed by atoms with van der Waals surface area (Å²) < 4.78 is 5.29. The number of carbonyl (C=O) groups is 1. The molecule has 4 rings (SSSR count). The van der Waals surface area contributed by atoms with Crippen molar-refractivity contribution in [3.8, 4) is 10.6 Å². The Hall–Kier alpha value is -3.04. The standard InChI is InChI=1S/C17H11N3O4S2/c21-14-15(22)20-13-5-9(1-2-12(13)19-14)17(23)24-6-11-8-26-16(18-11)10-3-4-25-7-10/h1-5,7-8H,6H2,(H,19,21)(H,20,22). The van der Waals surface area contributed by atoms with E-state index in [9.17, 15) is 14.4 Å². The molecule has 2 N–H and O–H groups in total. The number of hydrogen-bond acceptors (Lipinski definition) is 7. The number of aromatic nitrogens is 3. The molecule has 0 saturated carbocycles. The van der Waals surface area contributed by atoms with Crippen molar-refractivity contribution in [1.82, 2.24) is 15.0 Å². The molecule has 3 aromatic heterocycles. The molecular weight excluding hydrogens is 374 g/mol. The lowest BCUT2D eigenvalue weighted by atomic mass is 10.2. The van der Waals surface area contributed by atoms with Crippen molar-refractivity contribution in [3.63, 3.8) is 0 Å². The van der Waals surface area contributed by atoms with E-state index in [1.807, 2.05) is 22.2 Å². The number of H-pyrrole nitrogens is 2. The van der Waals surface area contributed by atoms with Gasteiger partial charge < -0.3 is 14.7 Å². The number of esters is 1. The van der Waals surface area contributed by atoms with Crippen molar-refractivity contribution in [2.75, 3.05) is 0 Å². The molecule has 0 spiro atoms. The van der Waals surface area contributed by atoms with Crippen LogP contribution in [0.5, 0.6) is 0 Å². The molecular formula is C17H11N3O4S2. The first kappa shape index (κ1) is 16.4. The van der Waals surface area contributed by atoms with Crippen LogP contribution in [0.2, 0.25) is 0 Å². The summed E-state index contributed by atoms with van der Waals surface area (Å²) in [7, 11) is 0. The lowest BCUT2D eigenvalue weighted by Gasteiger charge is -2.04. The number of ether oxygens (including phenoxy) is 1. The second-order valence-corrected chi connectivity index (χ2v) is 7.04. The van der Waals surface area contributed by atoms with Gasteiger partial charge in [0.25, 0.3) is 0 Å². The van der Waals surface area contributed by atoms with Gasteiger partial charge in [-0.25, -0.2) is 9.78 Å². The molecule has 4 aromatic rings. The van der Waals surface area contributed by atoms with Crippen molar-refractivity contribution in [3.05, 3.63) is 72.4 Å². The lowest BCUT2D eigenvalue weighted by Crippen LogP contribution is -2.28. The number of aromatic amines is 2. The topological polar surface area (TPSA) is 105 Å². The predicted molar refractivity (Wildman–Crippen MR) is 99.7 cm³/mol. The first-order valence-electron chi connectivity index (χ1n) is 7.50. The number of nitrogens with one attached hydrogen (secondary N) is 2. The SMILES string of the molecule is O=C(OCc1csc(-c2ccsc2)n1)c1ccc2[nH]c(=O)c(=O)[nH]c2c1. The van der Waals surface area contributed by atoms with E-state index in [0.717, 1.165) is 10.6 Å². The molecule has 0 unspecified atom stereocenters. The van der Waals surface area contributed by atoms with E-state index in [2.05, 4.69) is 15.0 Å². The second-order valence-electron chi connectivity index (χ2n) is 5.40. The van der Waals surface area contributed by atoms with E-state index in [1.165, 1.54) is 23.5 Å². The zero-order chi connectivity index (χ0) is 18.1. The van der Waals surface area contributed by atoms with Crippen molar-refractivity contribution in [1.29, 1.82) is 0 Å². The van der Waals surface area contributed by atoms with Crippen LogP contribution in [0.4, 0.5) is 0 Å². The molecule has 0 fully saturated rings. The van der Waals surface area contributed by atoms with Crippen molar-refractivity contribution < 1.29 is 9.53 Å². The number of benzene rings is 1. The maximum atomic E-state index is 12.2. The third kappa shape index (κ3) is 3.22. The molecule has 130 valence electrons. The largest absolute Gasteiger partial charge is 0.456 e. The maximum absolute atomic E-state index is 12.2. The number of fused-ring (bicyclic) bond motifs is 1. The van der Waals surface area contributed by atoms with Gasteiger partial charge in [0.2, 0.25) is 0 Å². The lowest BCUT2D eigenvalue weighted by molar-refractivity contribution is 0.0468.